The summed E-state index contributed by atoms with van der Waals surface area (Å²) in [5, 5.41) is 9.11. The molecule has 1 radical (unpaired) electrons. The van der Waals surface area contributed by atoms with Gasteiger partial charge in [0.1, 0.15) is 0 Å². The summed E-state index contributed by atoms with van der Waals surface area (Å²) in [4.78, 5) is 0. The van der Waals surface area contributed by atoms with E-state index in [1.165, 1.54) is 12.8 Å². The molecule has 0 amide bonds. The van der Waals surface area contributed by atoms with Crippen LogP contribution in [0.3, 0.4) is 0 Å². The van der Waals surface area contributed by atoms with E-state index in [1.807, 2.05) is 0 Å². The maximum atomic E-state index is 9.11. The minimum Gasteiger partial charge on any atom is -0.393 e. The lowest BCUT2D eigenvalue weighted by Gasteiger charge is -2.23. The molecule has 1 heteroatoms. The highest BCUT2D eigenvalue weighted by Gasteiger charge is 2.17. The Kier molecular flexibility index (Phi) is 2.52. The molecule has 9 heavy (non-hydrogen) atoms. The highest BCUT2D eigenvalue weighted by Crippen LogP contribution is 2.25. The van der Waals surface area contributed by atoms with E-state index in [4.69, 9.17) is 5.11 Å². The number of aliphatic hydroxyl groups excluding tert-OH is 1. The van der Waals surface area contributed by atoms with E-state index in [2.05, 4.69) is 13.3 Å². The fourth-order valence-corrected chi connectivity index (χ4v) is 1.43. The predicted octanol–water partition coefficient (Wildman–Crippen LogP) is 1.76. The van der Waals surface area contributed by atoms with E-state index < -0.39 is 0 Å². The van der Waals surface area contributed by atoms with E-state index in [0.717, 1.165) is 18.8 Å². The van der Waals surface area contributed by atoms with E-state index in [-0.39, 0.29) is 6.10 Å². The van der Waals surface area contributed by atoms with Crippen LogP contribution >= 0.6 is 0 Å². The first-order valence-corrected chi connectivity index (χ1v) is 3.80. The molecule has 0 bridgehead atoms. The molecule has 1 nitrogen and oxygen atoms in total. The first kappa shape index (κ1) is 7.07. The Morgan fingerprint density at radius 2 is 1.78 bits per heavy atom. The van der Waals surface area contributed by atoms with E-state index in [9.17, 15) is 0 Å². The Morgan fingerprint density at radius 3 is 2.22 bits per heavy atom. The number of aliphatic hydroxyl groups is 1. The van der Waals surface area contributed by atoms with Crippen molar-refractivity contribution in [1.29, 1.82) is 0 Å². The van der Waals surface area contributed by atoms with E-state index in [1.54, 1.807) is 0 Å². The van der Waals surface area contributed by atoms with Crippen molar-refractivity contribution in [3.8, 4) is 0 Å². The monoisotopic (exact) mass is 127 g/mol. The lowest BCUT2D eigenvalue weighted by atomic mass is 9.86. The van der Waals surface area contributed by atoms with Crippen LogP contribution in [0.25, 0.3) is 0 Å². The van der Waals surface area contributed by atoms with Gasteiger partial charge in [-0.1, -0.05) is 6.92 Å². The maximum Gasteiger partial charge on any atom is 0.0540 e. The molecule has 1 fully saturated rings. The van der Waals surface area contributed by atoms with Gasteiger partial charge in [0.05, 0.1) is 6.10 Å². The smallest absolute Gasteiger partial charge is 0.0540 e. The molecule has 1 saturated carbocycles. The van der Waals surface area contributed by atoms with Gasteiger partial charge in [-0.15, -0.1) is 0 Å². The SMILES string of the molecule is C[CH]C1CCC(O)CC1. The van der Waals surface area contributed by atoms with Crippen LogP contribution in [0.2, 0.25) is 0 Å². The van der Waals surface area contributed by atoms with Crippen LogP contribution < -0.4 is 0 Å². The molecule has 1 rings (SSSR count). The highest BCUT2D eigenvalue weighted by atomic mass is 16.3. The summed E-state index contributed by atoms with van der Waals surface area (Å²) in [6.45, 7) is 2.11. The van der Waals surface area contributed by atoms with Crippen LogP contribution in [-0.2, 0) is 0 Å². The summed E-state index contributed by atoms with van der Waals surface area (Å²) in [6.07, 6.45) is 6.66. The second-order valence-electron chi connectivity index (χ2n) is 2.90. The summed E-state index contributed by atoms with van der Waals surface area (Å²) >= 11 is 0. The fraction of sp³-hybridized carbons (Fsp3) is 0.875. The molecule has 53 valence electrons. The van der Waals surface area contributed by atoms with Gasteiger partial charge < -0.3 is 5.11 Å². The van der Waals surface area contributed by atoms with Crippen molar-refractivity contribution in [2.24, 2.45) is 5.92 Å². The Labute approximate surface area is 57.1 Å². The molecule has 0 atom stereocenters. The van der Waals surface area contributed by atoms with Gasteiger partial charge in [-0.05, 0) is 38.0 Å². The normalized spacial score (nSPS) is 36.7. The van der Waals surface area contributed by atoms with Gasteiger partial charge in [-0.25, -0.2) is 0 Å². The third-order valence-electron chi connectivity index (χ3n) is 2.21. The predicted molar refractivity (Wildman–Crippen MR) is 37.9 cm³/mol. The molecule has 0 aromatic heterocycles. The lowest BCUT2D eigenvalue weighted by molar-refractivity contribution is 0.115. The average molecular weight is 127 g/mol. The van der Waals surface area contributed by atoms with Crippen LogP contribution in [0.1, 0.15) is 32.6 Å². The number of hydrogen-bond donors (Lipinski definition) is 1. The summed E-state index contributed by atoms with van der Waals surface area (Å²) in [5.41, 5.74) is 0. The maximum absolute atomic E-state index is 9.11. The van der Waals surface area contributed by atoms with Crippen molar-refractivity contribution in [1.82, 2.24) is 0 Å². The van der Waals surface area contributed by atoms with Gasteiger partial charge in [-0.3, -0.25) is 0 Å². The molecule has 0 heterocycles. The van der Waals surface area contributed by atoms with E-state index in [0.29, 0.717) is 0 Å². The van der Waals surface area contributed by atoms with Gasteiger partial charge in [0.2, 0.25) is 0 Å². The fourth-order valence-electron chi connectivity index (χ4n) is 1.43. The van der Waals surface area contributed by atoms with Gasteiger partial charge in [0, 0.05) is 0 Å². The Balaban J connectivity index is 2.18. The molecule has 0 unspecified atom stereocenters. The van der Waals surface area contributed by atoms with Gasteiger partial charge in [-0.2, -0.15) is 0 Å². The molecule has 0 aliphatic heterocycles. The number of rotatable bonds is 1. The average Bonchev–Trinajstić information content (AvgIpc) is 1.90. The van der Waals surface area contributed by atoms with Crippen molar-refractivity contribution in [3.63, 3.8) is 0 Å². The first-order valence-electron chi connectivity index (χ1n) is 3.80. The quantitative estimate of drug-likeness (QED) is 0.569. The minimum absolute atomic E-state index is 0.00111. The third kappa shape index (κ3) is 1.98. The molecule has 1 aliphatic rings. The summed E-state index contributed by atoms with van der Waals surface area (Å²) in [6, 6.07) is 0. The standard InChI is InChI=1S/C8H15O/c1-2-7-3-5-8(9)6-4-7/h2,7-9H,3-6H2,1H3. The molecule has 0 saturated heterocycles. The van der Waals surface area contributed by atoms with E-state index >= 15 is 0 Å². The van der Waals surface area contributed by atoms with Crippen LogP contribution in [0.15, 0.2) is 0 Å². The third-order valence-corrected chi connectivity index (χ3v) is 2.21. The second kappa shape index (κ2) is 3.21. The van der Waals surface area contributed by atoms with Crippen molar-refractivity contribution in [3.05, 3.63) is 6.42 Å². The van der Waals surface area contributed by atoms with Crippen molar-refractivity contribution < 1.29 is 5.11 Å². The van der Waals surface area contributed by atoms with Gasteiger partial charge >= 0.3 is 0 Å². The van der Waals surface area contributed by atoms with Crippen molar-refractivity contribution >= 4 is 0 Å². The van der Waals surface area contributed by atoms with Crippen LogP contribution in [0, 0.1) is 12.3 Å². The van der Waals surface area contributed by atoms with Gasteiger partial charge in [0.15, 0.2) is 0 Å². The minimum atomic E-state index is 0.00111. The summed E-state index contributed by atoms with van der Waals surface area (Å²) in [5.74, 6) is 0.786. The Morgan fingerprint density at radius 1 is 1.22 bits per heavy atom. The zero-order valence-corrected chi connectivity index (χ0v) is 6.01. The van der Waals surface area contributed by atoms with Gasteiger partial charge in [0.25, 0.3) is 0 Å². The highest BCUT2D eigenvalue weighted by molar-refractivity contribution is 4.78. The molecule has 1 aliphatic carbocycles. The molecule has 0 aromatic rings. The zero-order chi connectivity index (χ0) is 6.69. The molecule has 1 N–H and O–H groups in total. The van der Waals surface area contributed by atoms with Crippen LogP contribution in [-0.4, -0.2) is 11.2 Å². The lowest BCUT2D eigenvalue weighted by Crippen LogP contribution is -2.17. The van der Waals surface area contributed by atoms with Crippen LogP contribution in [0.4, 0.5) is 0 Å². The Hall–Kier alpha value is -0.0400. The molecule has 0 spiro atoms. The molecular weight excluding hydrogens is 112 g/mol. The summed E-state index contributed by atoms with van der Waals surface area (Å²) < 4.78 is 0. The second-order valence-corrected chi connectivity index (χ2v) is 2.90. The van der Waals surface area contributed by atoms with Crippen molar-refractivity contribution in [2.75, 3.05) is 0 Å². The molecule has 0 aromatic carbocycles. The zero-order valence-electron chi connectivity index (χ0n) is 6.01. The topological polar surface area (TPSA) is 20.2 Å². The van der Waals surface area contributed by atoms with Crippen LogP contribution in [0.5, 0.6) is 0 Å². The largest absolute Gasteiger partial charge is 0.393 e. The molecular formula is C8H15O. The summed E-state index contributed by atoms with van der Waals surface area (Å²) in [7, 11) is 0. The number of hydrogen-bond acceptors (Lipinski definition) is 1. The van der Waals surface area contributed by atoms with Crippen molar-refractivity contribution in [2.45, 2.75) is 38.7 Å². The Bertz CT molecular complexity index is 72.6. The first-order chi connectivity index (χ1) is 4.33.